The largest absolute Gasteiger partial charge is 0.488 e. The van der Waals surface area contributed by atoms with E-state index in [1.54, 1.807) is 17.5 Å². The number of rotatable bonds is 5. The van der Waals surface area contributed by atoms with Crippen LogP contribution in [0.15, 0.2) is 59.5 Å². The van der Waals surface area contributed by atoms with Crippen molar-refractivity contribution in [3.8, 4) is 5.75 Å². The number of hydrogen-bond donors (Lipinski definition) is 0. The Morgan fingerprint density at radius 2 is 1.97 bits per heavy atom. The molecule has 4 rings (SSSR count). The summed E-state index contributed by atoms with van der Waals surface area (Å²) in [5.74, 6) is -0.396. The Labute approximate surface area is 190 Å². The van der Waals surface area contributed by atoms with E-state index < -0.39 is 23.6 Å². The fourth-order valence-electron chi connectivity index (χ4n) is 3.18. The SMILES string of the molecule is CC(=O)N(c1cccc(C(F)(F)F)c1)c1nc(COC(=O)C2=Cc3ccccc3OC2)cs1. The van der Waals surface area contributed by atoms with Crippen LogP contribution in [0.2, 0.25) is 0 Å². The molecule has 0 radical (unpaired) electrons. The molecule has 0 unspecified atom stereocenters. The van der Waals surface area contributed by atoms with Gasteiger partial charge in [0.1, 0.15) is 19.0 Å². The molecule has 0 fully saturated rings. The van der Waals surface area contributed by atoms with E-state index in [1.165, 1.54) is 19.1 Å². The summed E-state index contributed by atoms with van der Waals surface area (Å²) in [5.41, 5.74) is 0.641. The first kappa shape index (κ1) is 22.5. The second kappa shape index (κ2) is 9.07. The monoisotopic (exact) mass is 474 g/mol. The molecule has 1 amide bonds. The van der Waals surface area contributed by atoms with E-state index in [0.717, 1.165) is 33.9 Å². The number of thiazole rings is 1. The lowest BCUT2D eigenvalue weighted by Gasteiger charge is -2.19. The van der Waals surface area contributed by atoms with Crippen LogP contribution in [0.1, 0.15) is 23.7 Å². The Morgan fingerprint density at radius 1 is 1.18 bits per heavy atom. The fraction of sp³-hybridized carbons (Fsp3) is 0.174. The molecular weight excluding hydrogens is 457 g/mol. The molecule has 1 aliphatic heterocycles. The maximum Gasteiger partial charge on any atom is 0.416 e. The number of para-hydroxylation sites is 1. The molecule has 0 saturated heterocycles. The Morgan fingerprint density at radius 3 is 2.73 bits per heavy atom. The third-order valence-electron chi connectivity index (χ3n) is 4.72. The summed E-state index contributed by atoms with van der Waals surface area (Å²) in [6, 6.07) is 11.7. The topological polar surface area (TPSA) is 68.7 Å². The molecule has 2 heterocycles. The lowest BCUT2D eigenvalue weighted by molar-refractivity contribution is -0.140. The van der Waals surface area contributed by atoms with Crippen molar-refractivity contribution in [3.63, 3.8) is 0 Å². The number of hydrogen-bond acceptors (Lipinski definition) is 6. The number of carbonyl (C=O) groups excluding carboxylic acids is 2. The minimum absolute atomic E-state index is 0.0402. The summed E-state index contributed by atoms with van der Waals surface area (Å²) >= 11 is 1.05. The number of benzene rings is 2. The van der Waals surface area contributed by atoms with Gasteiger partial charge >= 0.3 is 12.1 Å². The van der Waals surface area contributed by atoms with Gasteiger partial charge in [0.25, 0.3) is 0 Å². The summed E-state index contributed by atoms with van der Waals surface area (Å²) in [5, 5.41) is 1.75. The van der Waals surface area contributed by atoms with Gasteiger partial charge in [0.15, 0.2) is 5.13 Å². The number of amides is 1. The highest BCUT2D eigenvalue weighted by molar-refractivity contribution is 7.14. The average molecular weight is 474 g/mol. The second-order valence-corrected chi connectivity index (χ2v) is 7.93. The van der Waals surface area contributed by atoms with Gasteiger partial charge in [0.05, 0.1) is 22.5 Å². The molecule has 2 aromatic carbocycles. The maximum atomic E-state index is 13.1. The van der Waals surface area contributed by atoms with Crippen molar-refractivity contribution in [2.45, 2.75) is 19.7 Å². The van der Waals surface area contributed by atoms with E-state index in [1.807, 2.05) is 18.2 Å². The van der Waals surface area contributed by atoms with Gasteiger partial charge in [-0.05, 0) is 30.3 Å². The van der Waals surface area contributed by atoms with Crippen LogP contribution in [0, 0.1) is 0 Å². The van der Waals surface area contributed by atoms with Gasteiger partial charge in [-0.1, -0.05) is 24.3 Å². The van der Waals surface area contributed by atoms with Gasteiger partial charge in [0, 0.05) is 17.9 Å². The summed E-state index contributed by atoms with van der Waals surface area (Å²) < 4.78 is 50.1. The summed E-state index contributed by atoms with van der Waals surface area (Å²) in [4.78, 5) is 30.0. The molecule has 0 atom stereocenters. The Hall–Kier alpha value is -3.66. The minimum Gasteiger partial charge on any atom is -0.488 e. The van der Waals surface area contributed by atoms with Crippen LogP contribution in [-0.4, -0.2) is 23.5 Å². The Kier molecular flexibility index (Phi) is 6.19. The highest BCUT2D eigenvalue weighted by Gasteiger charge is 2.31. The van der Waals surface area contributed by atoms with Crippen LogP contribution in [0.25, 0.3) is 6.08 Å². The van der Waals surface area contributed by atoms with Crippen LogP contribution < -0.4 is 9.64 Å². The number of alkyl halides is 3. The van der Waals surface area contributed by atoms with Crippen molar-refractivity contribution < 1.29 is 32.2 Å². The minimum atomic E-state index is -4.54. The van der Waals surface area contributed by atoms with Crippen molar-refractivity contribution >= 4 is 40.1 Å². The van der Waals surface area contributed by atoms with E-state index in [4.69, 9.17) is 9.47 Å². The molecule has 0 saturated carbocycles. The molecule has 1 aliphatic rings. The van der Waals surface area contributed by atoms with Gasteiger partial charge in [0.2, 0.25) is 5.91 Å². The van der Waals surface area contributed by atoms with Gasteiger partial charge in [-0.15, -0.1) is 11.3 Å². The zero-order valence-corrected chi connectivity index (χ0v) is 18.1. The van der Waals surface area contributed by atoms with Crippen LogP contribution >= 0.6 is 11.3 Å². The van der Waals surface area contributed by atoms with Gasteiger partial charge in [-0.3, -0.25) is 9.69 Å². The highest BCUT2D eigenvalue weighted by atomic mass is 32.1. The molecule has 6 nitrogen and oxygen atoms in total. The molecule has 0 bridgehead atoms. The lowest BCUT2D eigenvalue weighted by Crippen LogP contribution is -2.23. The fourth-order valence-corrected chi connectivity index (χ4v) is 4.05. The maximum absolute atomic E-state index is 13.1. The second-order valence-electron chi connectivity index (χ2n) is 7.10. The lowest BCUT2D eigenvalue weighted by atomic mass is 10.1. The van der Waals surface area contributed by atoms with Crippen molar-refractivity contribution in [2.75, 3.05) is 11.5 Å². The number of halogens is 3. The third kappa shape index (κ3) is 5.06. The molecule has 0 spiro atoms. The van der Waals surface area contributed by atoms with Crippen molar-refractivity contribution in [1.29, 1.82) is 0 Å². The number of fused-ring (bicyclic) bond motifs is 1. The first-order valence-electron chi connectivity index (χ1n) is 9.74. The molecular formula is C23H17F3N2O4S. The predicted molar refractivity (Wildman–Crippen MR) is 116 cm³/mol. The van der Waals surface area contributed by atoms with Crippen LogP contribution in [-0.2, 0) is 27.1 Å². The van der Waals surface area contributed by atoms with Crippen molar-refractivity contribution in [2.24, 2.45) is 0 Å². The van der Waals surface area contributed by atoms with E-state index in [-0.39, 0.29) is 24.0 Å². The van der Waals surface area contributed by atoms with E-state index in [2.05, 4.69) is 4.98 Å². The third-order valence-corrected chi connectivity index (χ3v) is 5.60. The molecule has 170 valence electrons. The number of aromatic nitrogens is 1. The highest BCUT2D eigenvalue weighted by Crippen LogP contribution is 2.35. The van der Waals surface area contributed by atoms with Gasteiger partial charge in [-0.25, -0.2) is 9.78 Å². The first-order valence-corrected chi connectivity index (χ1v) is 10.6. The normalized spacial score (nSPS) is 12.9. The predicted octanol–water partition coefficient (Wildman–Crippen LogP) is 5.37. The first-order chi connectivity index (χ1) is 15.7. The standard InChI is InChI=1S/C23H17F3N2O4S/c1-14(29)28(19-7-4-6-17(10-19)23(24,25)26)22-27-18(13-33-22)12-32-21(30)16-9-15-5-2-3-8-20(15)31-11-16/h2-10,13H,11-12H2,1H3. The van der Waals surface area contributed by atoms with Crippen molar-refractivity contribution in [3.05, 3.63) is 76.3 Å². The average Bonchev–Trinajstić information content (AvgIpc) is 3.25. The number of carbonyl (C=O) groups is 2. The Bertz CT molecular complexity index is 1240. The van der Waals surface area contributed by atoms with E-state index >= 15 is 0 Å². The van der Waals surface area contributed by atoms with Crippen LogP contribution in [0.4, 0.5) is 24.0 Å². The quantitative estimate of drug-likeness (QED) is 0.466. The van der Waals surface area contributed by atoms with Gasteiger partial charge in [-0.2, -0.15) is 13.2 Å². The number of anilines is 2. The number of nitrogens with zero attached hydrogens (tertiary/aromatic N) is 2. The number of esters is 1. The molecule has 3 aromatic rings. The van der Waals surface area contributed by atoms with E-state index in [0.29, 0.717) is 17.0 Å². The molecule has 0 N–H and O–H groups in total. The molecule has 0 aliphatic carbocycles. The molecule has 10 heteroatoms. The molecule has 33 heavy (non-hydrogen) atoms. The molecule has 1 aromatic heterocycles. The number of ether oxygens (including phenoxy) is 2. The van der Waals surface area contributed by atoms with E-state index in [9.17, 15) is 22.8 Å². The summed E-state index contributed by atoms with van der Waals surface area (Å²) in [7, 11) is 0. The summed E-state index contributed by atoms with van der Waals surface area (Å²) in [6.45, 7) is 1.14. The Balaban J connectivity index is 1.47. The smallest absolute Gasteiger partial charge is 0.416 e. The van der Waals surface area contributed by atoms with Crippen LogP contribution in [0.5, 0.6) is 5.75 Å². The van der Waals surface area contributed by atoms with Gasteiger partial charge < -0.3 is 9.47 Å². The zero-order chi connectivity index (χ0) is 23.6. The summed E-state index contributed by atoms with van der Waals surface area (Å²) in [6.07, 6.45) is -2.85. The zero-order valence-electron chi connectivity index (χ0n) is 17.3. The van der Waals surface area contributed by atoms with Crippen molar-refractivity contribution in [1.82, 2.24) is 4.98 Å². The van der Waals surface area contributed by atoms with Crippen LogP contribution in [0.3, 0.4) is 0 Å².